The summed E-state index contributed by atoms with van der Waals surface area (Å²) < 4.78 is 19.6. The van der Waals surface area contributed by atoms with Crippen LogP contribution in [0.15, 0.2) is 18.2 Å². The molecule has 4 heteroatoms. The van der Waals surface area contributed by atoms with Gasteiger partial charge in [-0.05, 0) is 57.2 Å². The second-order valence-corrected chi connectivity index (χ2v) is 6.48. The lowest BCUT2D eigenvalue weighted by atomic mass is 9.89. The summed E-state index contributed by atoms with van der Waals surface area (Å²) in [5, 5.41) is 9.10. The highest BCUT2D eigenvalue weighted by Crippen LogP contribution is 2.29. The number of hydrogen-bond donors (Lipinski definition) is 1. The molecule has 3 nitrogen and oxygen atoms in total. The summed E-state index contributed by atoms with van der Waals surface area (Å²) in [6.45, 7) is 9.36. The largest absolute Gasteiger partial charge is 0.485 e. The fraction of sp³-hybridized carbons (Fsp3) is 0.588. The maximum atomic E-state index is 14.1. The van der Waals surface area contributed by atoms with Crippen molar-refractivity contribution < 1.29 is 19.0 Å². The zero-order valence-electron chi connectivity index (χ0n) is 13.4. The van der Waals surface area contributed by atoms with E-state index in [0.717, 1.165) is 5.56 Å². The highest BCUT2D eigenvalue weighted by atomic mass is 19.1. The summed E-state index contributed by atoms with van der Waals surface area (Å²) in [7, 11) is 0. The minimum atomic E-state index is -0.794. The van der Waals surface area contributed by atoms with Crippen LogP contribution < -0.4 is 4.74 Å². The maximum absolute atomic E-state index is 14.1. The van der Waals surface area contributed by atoms with Gasteiger partial charge in [-0.25, -0.2) is 4.39 Å². The highest BCUT2D eigenvalue weighted by Gasteiger charge is 2.21. The summed E-state index contributed by atoms with van der Waals surface area (Å²) in [5.74, 6) is -1.38. The summed E-state index contributed by atoms with van der Waals surface area (Å²) in [6.07, 6.45) is 1.08. The van der Waals surface area contributed by atoms with Crippen LogP contribution in [-0.2, 0) is 4.79 Å². The van der Waals surface area contributed by atoms with Crippen LogP contribution in [0.4, 0.5) is 4.39 Å². The number of ether oxygens (including phenoxy) is 1. The molecule has 118 valence electrons. The van der Waals surface area contributed by atoms with Crippen LogP contribution in [-0.4, -0.2) is 16.7 Å². The smallest absolute Gasteiger partial charge is 0.306 e. The first-order chi connectivity index (χ1) is 9.64. The number of carbonyl (C=O) groups is 1. The molecule has 1 rings (SSSR count). The van der Waals surface area contributed by atoms with Gasteiger partial charge in [0.1, 0.15) is 5.60 Å². The Morgan fingerprint density at radius 1 is 1.38 bits per heavy atom. The van der Waals surface area contributed by atoms with Crippen LogP contribution in [0.5, 0.6) is 5.75 Å². The van der Waals surface area contributed by atoms with Crippen LogP contribution >= 0.6 is 0 Å². The lowest BCUT2D eigenvalue weighted by Crippen LogP contribution is -2.23. The molecular formula is C17H25FO3. The van der Waals surface area contributed by atoms with E-state index in [9.17, 15) is 9.18 Å². The van der Waals surface area contributed by atoms with Gasteiger partial charge in [-0.15, -0.1) is 0 Å². The number of aliphatic carboxylic acids is 1. The van der Waals surface area contributed by atoms with E-state index in [-0.39, 0.29) is 11.7 Å². The van der Waals surface area contributed by atoms with Gasteiger partial charge in [0.2, 0.25) is 0 Å². The molecule has 21 heavy (non-hydrogen) atoms. The Labute approximate surface area is 126 Å². The summed E-state index contributed by atoms with van der Waals surface area (Å²) >= 11 is 0. The van der Waals surface area contributed by atoms with Crippen molar-refractivity contribution in [2.24, 2.45) is 5.92 Å². The molecule has 0 aliphatic carbocycles. The molecule has 1 aromatic rings. The van der Waals surface area contributed by atoms with Gasteiger partial charge in [0.05, 0.1) is 5.92 Å². The van der Waals surface area contributed by atoms with E-state index < -0.39 is 23.3 Å². The van der Waals surface area contributed by atoms with Crippen molar-refractivity contribution in [3.8, 4) is 5.75 Å². The Morgan fingerprint density at radius 2 is 2.00 bits per heavy atom. The van der Waals surface area contributed by atoms with Crippen LogP contribution in [0.1, 0.15) is 58.9 Å². The van der Waals surface area contributed by atoms with Crippen molar-refractivity contribution in [1.82, 2.24) is 0 Å². The number of rotatable bonds is 6. The van der Waals surface area contributed by atoms with Gasteiger partial charge in [0.15, 0.2) is 11.6 Å². The van der Waals surface area contributed by atoms with Gasteiger partial charge in [-0.3, -0.25) is 4.79 Å². The third-order valence-corrected chi connectivity index (χ3v) is 3.42. The second-order valence-electron chi connectivity index (χ2n) is 6.48. The topological polar surface area (TPSA) is 46.5 Å². The molecule has 0 heterocycles. The van der Waals surface area contributed by atoms with Gasteiger partial charge in [0, 0.05) is 0 Å². The lowest BCUT2D eigenvalue weighted by Gasteiger charge is -2.22. The first kappa shape index (κ1) is 17.5. The molecule has 2 unspecified atom stereocenters. The fourth-order valence-corrected chi connectivity index (χ4v) is 2.24. The molecule has 0 radical (unpaired) electrons. The first-order valence-electron chi connectivity index (χ1n) is 7.35. The van der Waals surface area contributed by atoms with E-state index in [4.69, 9.17) is 9.84 Å². The standard InChI is InChI=1S/C17H25FO3/c1-6-12(16(19)20)9-11(2)13-7-8-15(14(18)10-13)21-17(3,4)5/h7-8,10-12H,6,9H2,1-5H3,(H,19,20). The average Bonchev–Trinajstić information content (AvgIpc) is 2.36. The first-order valence-corrected chi connectivity index (χ1v) is 7.35. The zero-order valence-corrected chi connectivity index (χ0v) is 13.4. The van der Waals surface area contributed by atoms with E-state index in [1.54, 1.807) is 6.07 Å². The highest BCUT2D eigenvalue weighted by molar-refractivity contribution is 5.69. The van der Waals surface area contributed by atoms with Crippen LogP contribution in [0, 0.1) is 11.7 Å². The predicted molar refractivity (Wildman–Crippen MR) is 81.2 cm³/mol. The number of carboxylic acid groups (broad SMARTS) is 1. The molecular weight excluding hydrogens is 271 g/mol. The predicted octanol–water partition coefficient (Wildman–Crippen LogP) is 4.61. The van der Waals surface area contributed by atoms with Gasteiger partial charge < -0.3 is 9.84 Å². The Kier molecular flexibility index (Phi) is 5.76. The maximum Gasteiger partial charge on any atom is 0.306 e. The van der Waals surface area contributed by atoms with Crippen molar-refractivity contribution in [1.29, 1.82) is 0 Å². The molecule has 0 aliphatic rings. The van der Waals surface area contributed by atoms with E-state index in [0.29, 0.717) is 12.8 Å². The summed E-state index contributed by atoms with van der Waals surface area (Å²) in [5.41, 5.74) is 0.346. The molecule has 0 amide bonds. The minimum Gasteiger partial charge on any atom is -0.485 e. The molecule has 0 bridgehead atoms. The van der Waals surface area contributed by atoms with Crippen molar-refractivity contribution in [2.45, 2.75) is 59.0 Å². The molecule has 0 saturated heterocycles. The quantitative estimate of drug-likeness (QED) is 0.834. The number of hydrogen-bond acceptors (Lipinski definition) is 2. The van der Waals surface area contributed by atoms with Gasteiger partial charge >= 0.3 is 5.97 Å². The monoisotopic (exact) mass is 296 g/mol. The Balaban J connectivity index is 2.85. The molecule has 0 aromatic heterocycles. The molecule has 0 fully saturated rings. The van der Waals surface area contributed by atoms with Crippen LogP contribution in [0.3, 0.4) is 0 Å². The van der Waals surface area contributed by atoms with Crippen LogP contribution in [0.2, 0.25) is 0 Å². The molecule has 2 atom stereocenters. The Hall–Kier alpha value is -1.58. The number of benzene rings is 1. The zero-order chi connectivity index (χ0) is 16.2. The number of halogens is 1. The average molecular weight is 296 g/mol. The van der Waals surface area contributed by atoms with Crippen LogP contribution in [0.25, 0.3) is 0 Å². The number of carboxylic acids is 1. The Morgan fingerprint density at radius 3 is 2.43 bits per heavy atom. The minimum absolute atomic E-state index is 0.00997. The SMILES string of the molecule is CCC(CC(C)c1ccc(OC(C)(C)C)c(F)c1)C(=O)O. The van der Waals surface area contributed by atoms with E-state index in [1.165, 1.54) is 6.07 Å². The molecule has 1 N–H and O–H groups in total. The Bertz CT molecular complexity index is 491. The van der Waals surface area contributed by atoms with E-state index in [2.05, 4.69) is 0 Å². The summed E-state index contributed by atoms with van der Waals surface area (Å²) in [4.78, 5) is 11.1. The normalized spacial score (nSPS) is 14.6. The molecule has 0 aliphatic heterocycles. The van der Waals surface area contributed by atoms with Crippen molar-refractivity contribution in [2.75, 3.05) is 0 Å². The lowest BCUT2D eigenvalue weighted by molar-refractivity contribution is -0.142. The summed E-state index contributed by atoms with van der Waals surface area (Å²) in [6, 6.07) is 4.87. The van der Waals surface area contributed by atoms with Crippen molar-refractivity contribution in [3.05, 3.63) is 29.6 Å². The fourth-order valence-electron chi connectivity index (χ4n) is 2.24. The van der Waals surface area contributed by atoms with E-state index in [1.807, 2.05) is 40.7 Å². The van der Waals surface area contributed by atoms with Gasteiger partial charge in [-0.2, -0.15) is 0 Å². The van der Waals surface area contributed by atoms with Gasteiger partial charge in [-0.1, -0.05) is 19.9 Å². The molecule has 0 spiro atoms. The van der Waals surface area contributed by atoms with Crippen molar-refractivity contribution in [3.63, 3.8) is 0 Å². The molecule has 0 saturated carbocycles. The van der Waals surface area contributed by atoms with Crippen molar-refractivity contribution >= 4 is 5.97 Å². The van der Waals surface area contributed by atoms with E-state index >= 15 is 0 Å². The van der Waals surface area contributed by atoms with Gasteiger partial charge in [0.25, 0.3) is 0 Å². The third-order valence-electron chi connectivity index (χ3n) is 3.42. The third kappa shape index (κ3) is 5.37. The second kappa shape index (κ2) is 6.92. The molecule has 1 aromatic carbocycles.